The predicted octanol–water partition coefficient (Wildman–Crippen LogP) is 6.86. The van der Waals surface area contributed by atoms with E-state index in [1.54, 1.807) is 6.92 Å². The molecule has 0 radical (unpaired) electrons. The number of ketones is 1. The van der Waals surface area contributed by atoms with Gasteiger partial charge in [0.2, 0.25) is 10.0 Å². The van der Waals surface area contributed by atoms with Crippen LogP contribution in [-0.4, -0.2) is 58.5 Å². The maximum Gasteiger partial charge on any atom is 0.327 e. The van der Waals surface area contributed by atoms with Crippen molar-refractivity contribution in [2.45, 2.75) is 25.4 Å². The van der Waals surface area contributed by atoms with Crippen LogP contribution in [-0.2, 0) is 10.0 Å². The fraction of sp³-hybridized carbons (Fsp3) is 0.267. The maximum absolute atomic E-state index is 14.3. The van der Waals surface area contributed by atoms with Crippen LogP contribution in [0.15, 0.2) is 65.1 Å². The highest BCUT2D eigenvalue weighted by Gasteiger charge is 2.34. The Balaban J connectivity index is 2.02. The molecule has 0 spiro atoms. The first-order chi connectivity index (χ1) is 20.8. The average Bonchev–Trinajstić information content (AvgIpc) is 3.37. The molecule has 7 nitrogen and oxygen atoms in total. The SMILES string of the molecule is CCC(=O)c1c(-c2ccc(F)cc2)oc2cc(N(C(F)F)S(C)(=O)=O)c(-c3cccc(C(=O)NC(CF)(CF)CF)c3)cc12. The van der Waals surface area contributed by atoms with Crippen molar-refractivity contribution in [3.63, 3.8) is 0 Å². The van der Waals surface area contributed by atoms with Crippen LogP contribution >= 0.6 is 0 Å². The van der Waals surface area contributed by atoms with Gasteiger partial charge < -0.3 is 9.73 Å². The van der Waals surface area contributed by atoms with Gasteiger partial charge in [-0.2, -0.15) is 8.78 Å². The molecule has 0 atom stereocenters. The molecule has 1 amide bonds. The van der Waals surface area contributed by atoms with E-state index in [4.69, 9.17) is 4.42 Å². The molecule has 0 bridgehead atoms. The number of fused-ring (bicyclic) bond motifs is 1. The lowest BCUT2D eigenvalue weighted by molar-refractivity contribution is 0.0810. The third-order valence-electron chi connectivity index (χ3n) is 6.87. The smallest absolute Gasteiger partial charge is 0.327 e. The Morgan fingerprint density at radius 2 is 1.59 bits per heavy atom. The number of nitrogens with zero attached hydrogens (tertiary/aromatic N) is 1. The summed E-state index contributed by atoms with van der Waals surface area (Å²) in [6.07, 6.45) is 0.543. The number of carbonyl (C=O) groups excluding carboxylic acids is 2. The lowest BCUT2D eigenvalue weighted by atomic mass is 9.95. The fourth-order valence-electron chi connectivity index (χ4n) is 4.58. The predicted molar refractivity (Wildman–Crippen MR) is 153 cm³/mol. The molecule has 234 valence electrons. The van der Waals surface area contributed by atoms with Gasteiger partial charge in [-0.3, -0.25) is 9.59 Å². The van der Waals surface area contributed by atoms with Crippen molar-refractivity contribution in [2.75, 3.05) is 30.6 Å². The van der Waals surface area contributed by atoms with Crippen LogP contribution < -0.4 is 9.62 Å². The summed E-state index contributed by atoms with van der Waals surface area (Å²) in [5.41, 5.74) is -3.26. The molecule has 1 heterocycles. The van der Waals surface area contributed by atoms with Gasteiger partial charge in [0.1, 0.15) is 42.7 Å². The second-order valence-corrected chi connectivity index (χ2v) is 11.9. The number of furan rings is 1. The third-order valence-corrected chi connectivity index (χ3v) is 7.94. The van der Waals surface area contributed by atoms with Gasteiger partial charge in [-0.1, -0.05) is 19.1 Å². The Bertz CT molecular complexity index is 1800. The van der Waals surface area contributed by atoms with Crippen molar-refractivity contribution < 1.29 is 48.8 Å². The summed E-state index contributed by atoms with van der Waals surface area (Å²) in [6.45, 7) is -6.64. The van der Waals surface area contributed by atoms with Crippen LogP contribution in [0.4, 0.5) is 32.0 Å². The number of hydrogen-bond donors (Lipinski definition) is 1. The number of nitrogens with one attached hydrogen (secondary N) is 1. The first kappa shape index (κ1) is 32.6. The Kier molecular flexibility index (Phi) is 9.42. The van der Waals surface area contributed by atoms with E-state index in [1.807, 2.05) is 5.32 Å². The average molecular weight is 641 g/mol. The lowest BCUT2D eigenvalue weighted by Gasteiger charge is -2.26. The molecular weight excluding hydrogens is 614 g/mol. The molecule has 0 saturated heterocycles. The summed E-state index contributed by atoms with van der Waals surface area (Å²) in [7, 11) is -4.63. The van der Waals surface area contributed by atoms with E-state index in [0.29, 0.717) is 6.26 Å². The minimum atomic E-state index is -4.63. The number of rotatable bonds is 12. The van der Waals surface area contributed by atoms with E-state index in [9.17, 15) is 44.3 Å². The zero-order chi connectivity index (χ0) is 32.4. The quantitative estimate of drug-likeness (QED) is 0.104. The van der Waals surface area contributed by atoms with Gasteiger partial charge in [-0.05, 0) is 48.0 Å². The van der Waals surface area contributed by atoms with E-state index in [2.05, 4.69) is 0 Å². The summed E-state index contributed by atoms with van der Waals surface area (Å²) >= 11 is 0. The molecule has 4 aromatic rings. The molecule has 3 aromatic carbocycles. The standard InChI is InChI=1S/C30H26F6N2O5S/c1-3-24(39)26-22-12-21(18-5-4-6-19(11-18)28(40)37-30(14-31,15-32)16-33)23(38(29(35)36)44(2,41)42)13-25(22)43-27(26)17-7-9-20(34)10-8-17/h4-13,29H,3,14-16H2,1-2H3,(H,37,40). The van der Waals surface area contributed by atoms with E-state index in [1.165, 1.54) is 36.4 Å². The maximum atomic E-state index is 14.3. The van der Waals surface area contributed by atoms with Crippen molar-refractivity contribution >= 4 is 38.4 Å². The first-order valence-electron chi connectivity index (χ1n) is 13.1. The number of alkyl halides is 5. The van der Waals surface area contributed by atoms with Crippen molar-refractivity contribution in [2.24, 2.45) is 0 Å². The van der Waals surface area contributed by atoms with Crippen molar-refractivity contribution in [1.29, 1.82) is 0 Å². The number of halogens is 6. The van der Waals surface area contributed by atoms with Gasteiger partial charge in [-0.15, -0.1) is 0 Å². The zero-order valence-corrected chi connectivity index (χ0v) is 24.2. The largest absolute Gasteiger partial charge is 0.455 e. The topological polar surface area (TPSA) is 96.7 Å². The number of carbonyl (C=O) groups is 2. The Hall–Kier alpha value is -4.33. The number of sulfonamides is 1. The van der Waals surface area contributed by atoms with Crippen molar-refractivity contribution in [3.05, 3.63) is 77.6 Å². The van der Waals surface area contributed by atoms with Crippen molar-refractivity contribution in [3.8, 4) is 22.5 Å². The normalized spacial score (nSPS) is 12.1. The molecule has 4 rings (SSSR count). The highest BCUT2D eigenvalue weighted by molar-refractivity contribution is 7.92. The minimum Gasteiger partial charge on any atom is -0.455 e. The molecule has 0 aliphatic rings. The van der Waals surface area contributed by atoms with Crippen LogP contribution in [0.25, 0.3) is 33.4 Å². The summed E-state index contributed by atoms with van der Waals surface area (Å²) in [5, 5.41) is 2.07. The second-order valence-electron chi connectivity index (χ2n) is 10.0. The number of amides is 1. The van der Waals surface area contributed by atoms with Gasteiger partial charge in [0.15, 0.2) is 5.78 Å². The molecule has 44 heavy (non-hydrogen) atoms. The minimum absolute atomic E-state index is 0.00498. The van der Waals surface area contributed by atoms with E-state index in [-0.39, 0.29) is 55.3 Å². The second kappa shape index (κ2) is 12.7. The van der Waals surface area contributed by atoms with Crippen LogP contribution in [0.1, 0.15) is 34.1 Å². The summed E-state index contributed by atoms with van der Waals surface area (Å²) in [5.74, 6) is -2.08. The van der Waals surface area contributed by atoms with Crippen LogP contribution in [0.5, 0.6) is 0 Å². The Morgan fingerprint density at radius 1 is 0.955 bits per heavy atom. The number of anilines is 1. The van der Waals surface area contributed by atoms with Gasteiger partial charge >= 0.3 is 6.55 Å². The van der Waals surface area contributed by atoms with E-state index < -0.39 is 65.3 Å². The lowest BCUT2D eigenvalue weighted by Crippen LogP contribution is -2.54. The molecule has 1 N–H and O–H groups in total. The number of hydrogen-bond acceptors (Lipinski definition) is 5. The molecule has 0 aliphatic heterocycles. The van der Waals surface area contributed by atoms with Gasteiger partial charge in [-0.25, -0.2) is 30.3 Å². The molecule has 0 saturated carbocycles. The fourth-order valence-corrected chi connectivity index (χ4v) is 5.38. The third kappa shape index (κ3) is 6.30. The zero-order valence-electron chi connectivity index (χ0n) is 23.3. The van der Waals surface area contributed by atoms with Gasteiger partial charge in [0.05, 0.1) is 17.5 Å². The number of benzene rings is 3. The van der Waals surface area contributed by atoms with E-state index >= 15 is 0 Å². The van der Waals surface area contributed by atoms with Gasteiger partial charge in [0, 0.05) is 34.6 Å². The molecular formula is C30H26F6N2O5S. The summed E-state index contributed by atoms with van der Waals surface area (Å²) < 4.78 is 113. The molecule has 0 aliphatic carbocycles. The summed E-state index contributed by atoms with van der Waals surface area (Å²) in [4.78, 5) is 26.0. The van der Waals surface area contributed by atoms with Crippen LogP contribution in [0.2, 0.25) is 0 Å². The molecule has 1 aromatic heterocycles. The van der Waals surface area contributed by atoms with Crippen LogP contribution in [0, 0.1) is 5.82 Å². The van der Waals surface area contributed by atoms with E-state index in [0.717, 1.165) is 24.3 Å². The monoisotopic (exact) mass is 640 g/mol. The molecule has 14 heteroatoms. The first-order valence-corrected chi connectivity index (χ1v) is 14.9. The van der Waals surface area contributed by atoms with Gasteiger partial charge in [0.25, 0.3) is 5.91 Å². The molecule has 0 fully saturated rings. The Labute approximate surface area is 248 Å². The highest BCUT2D eigenvalue weighted by Crippen LogP contribution is 2.43. The number of Topliss-reactive ketones (excluding diaryl/α,β-unsaturated/α-hetero) is 1. The highest BCUT2D eigenvalue weighted by atomic mass is 32.2. The van der Waals surface area contributed by atoms with Crippen LogP contribution in [0.3, 0.4) is 0 Å². The molecule has 0 unspecified atom stereocenters. The van der Waals surface area contributed by atoms with Crippen molar-refractivity contribution in [1.82, 2.24) is 5.32 Å². The Morgan fingerprint density at radius 3 is 2.14 bits per heavy atom. The summed E-state index contributed by atoms with van der Waals surface area (Å²) in [6, 6.07) is 12.2.